The fraction of sp³-hybridized carbons (Fsp3) is 0.500. The van der Waals surface area contributed by atoms with Crippen LogP contribution in [0.15, 0.2) is 16.2 Å². The highest BCUT2D eigenvalue weighted by Crippen LogP contribution is 2.38. The summed E-state index contributed by atoms with van der Waals surface area (Å²) >= 11 is 0.985. The Morgan fingerprint density at radius 2 is 2.10 bits per heavy atom. The lowest BCUT2D eigenvalue weighted by Crippen LogP contribution is -2.13. The molecule has 0 bridgehead atoms. The number of anilines is 1. The minimum atomic E-state index is -4.61. The van der Waals surface area contributed by atoms with Crippen molar-refractivity contribution in [2.75, 3.05) is 12.4 Å². The molecule has 0 amide bonds. The molecular formula is C10H10F3N7S. The Labute approximate surface area is 121 Å². The van der Waals surface area contributed by atoms with Crippen molar-refractivity contribution in [3.05, 3.63) is 11.9 Å². The van der Waals surface area contributed by atoms with E-state index in [9.17, 15) is 13.2 Å². The zero-order valence-corrected chi connectivity index (χ0v) is 11.6. The van der Waals surface area contributed by atoms with Crippen LogP contribution in [0.4, 0.5) is 19.0 Å². The van der Waals surface area contributed by atoms with Crippen LogP contribution in [-0.4, -0.2) is 37.2 Å². The Morgan fingerprint density at radius 1 is 1.33 bits per heavy atom. The Kier molecular flexibility index (Phi) is 3.43. The molecule has 0 unspecified atom stereocenters. The van der Waals surface area contributed by atoms with E-state index < -0.39 is 12.0 Å². The van der Waals surface area contributed by atoms with Crippen LogP contribution in [0, 0.1) is 0 Å². The van der Waals surface area contributed by atoms with Crippen LogP contribution in [0.1, 0.15) is 24.7 Å². The summed E-state index contributed by atoms with van der Waals surface area (Å²) in [7, 11) is 1.49. The van der Waals surface area contributed by atoms with E-state index in [1.807, 2.05) is 0 Å². The minimum Gasteiger partial charge on any atom is -0.373 e. The van der Waals surface area contributed by atoms with Crippen LogP contribution >= 0.6 is 11.8 Å². The molecule has 2 aromatic rings. The molecule has 0 aliphatic heterocycles. The summed E-state index contributed by atoms with van der Waals surface area (Å²) < 4.78 is 39.9. The predicted molar refractivity (Wildman–Crippen MR) is 66.8 cm³/mol. The van der Waals surface area contributed by atoms with Crippen molar-refractivity contribution in [3.8, 4) is 0 Å². The van der Waals surface area contributed by atoms with Gasteiger partial charge in [0, 0.05) is 13.1 Å². The van der Waals surface area contributed by atoms with E-state index in [-0.39, 0.29) is 16.9 Å². The molecule has 2 heterocycles. The average Bonchev–Trinajstić information content (AvgIpc) is 3.18. The molecule has 2 aromatic heterocycles. The quantitative estimate of drug-likeness (QED) is 0.864. The molecule has 0 aromatic carbocycles. The van der Waals surface area contributed by atoms with Gasteiger partial charge in [-0.25, -0.2) is 14.6 Å². The van der Waals surface area contributed by atoms with Crippen LogP contribution in [0.25, 0.3) is 0 Å². The van der Waals surface area contributed by atoms with Gasteiger partial charge in [-0.2, -0.15) is 13.2 Å². The van der Waals surface area contributed by atoms with Crippen molar-refractivity contribution >= 4 is 17.6 Å². The third kappa shape index (κ3) is 3.06. The van der Waals surface area contributed by atoms with Crippen LogP contribution in [0.5, 0.6) is 0 Å². The molecule has 0 saturated heterocycles. The van der Waals surface area contributed by atoms with E-state index in [2.05, 4.69) is 30.8 Å². The molecule has 3 rings (SSSR count). The van der Waals surface area contributed by atoms with E-state index in [0.29, 0.717) is 5.16 Å². The van der Waals surface area contributed by atoms with Crippen LogP contribution in [0.3, 0.4) is 0 Å². The number of hydrogen-bond donors (Lipinski definition) is 1. The second-order valence-corrected chi connectivity index (χ2v) is 5.39. The normalized spacial score (nSPS) is 15.2. The van der Waals surface area contributed by atoms with Crippen LogP contribution in [-0.2, 0) is 6.18 Å². The summed E-state index contributed by atoms with van der Waals surface area (Å²) in [4.78, 5) is 6.93. The number of halogens is 3. The van der Waals surface area contributed by atoms with Gasteiger partial charge in [-0.15, -0.1) is 5.10 Å². The highest BCUT2D eigenvalue weighted by Gasteiger charge is 2.36. The predicted octanol–water partition coefficient (Wildman–Crippen LogP) is 2.01. The summed E-state index contributed by atoms with van der Waals surface area (Å²) in [6, 6.07) is 1.65. The molecule has 21 heavy (non-hydrogen) atoms. The highest BCUT2D eigenvalue weighted by atomic mass is 32.2. The van der Waals surface area contributed by atoms with E-state index in [4.69, 9.17) is 0 Å². The average molecular weight is 317 g/mol. The first kappa shape index (κ1) is 14.0. The van der Waals surface area contributed by atoms with Gasteiger partial charge in [0.05, 0.1) is 6.04 Å². The van der Waals surface area contributed by atoms with E-state index in [0.717, 1.165) is 24.6 Å². The summed E-state index contributed by atoms with van der Waals surface area (Å²) in [6.07, 6.45) is -2.67. The van der Waals surface area contributed by atoms with Crippen molar-refractivity contribution in [1.29, 1.82) is 0 Å². The van der Waals surface area contributed by atoms with Gasteiger partial charge in [-0.05, 0) is 35.0 Å². The van der Waals surface area contributed by atoms with Crippen molar-refractivity contribution in [2.45, 2.75) is 35.2 Å². The molecule has 1 aliphatic carbocycles. The second kappa shape index (κ2) is 5.13. The fourth-order valence-electron chi connectivity index (χ4n) is 1.63. The number of nitrogens with one attached hydrogen (secondary N) is 1. The maximum Gasteiger partial charge on any atom is 0.451 e. The van der Waals surface area contributed by atoms with E-state index >= 15 is 0 Å². The van der Waals surface area contributed by atoms with Crippen molar-refractivity contribution in [2.24, 2.45) is 0 Å². The zero-order valence-electron chi connectivity index (χ0n) is 10.8. The standard InChI is InChI=1S/C10H10F3N7S/c1-14-6-4-7(16-8(15-6)10(11,12)13)21-9-17-18-19-20(9)5-2-3-5/h4-5H,2-3H2,1H3,(H,14,15,16). The number of aromatic nitrogens is 6. The third-order valence-corrected chi connectivity index (χ3v) is 3.63. The zero-order chi connectivity index (χ0) is 15.0. The summed E-state index contributed by atoms with van der Waals surface area (Å²) in [5.74, 6) is -1.10. The number of alkyl halides is 3. The number of rotatable bonds is 4. The molecule has 0 atom stereocenters. The molecule has 11 heteroatoms. The number of nitrogens with zero attached hydrogens (tertiary/aromatic N) is 6. The van der Waals surface area contributed by atoms with Crippen molar-refractivity contribution in [3.63, 3.8) is 0 Å². The molecule has 7 nitrogen and oxygen atoms in total. The van der Waals surface area contributed by atoms with Gasteiger partial charge < -0.3 is 5.32 Å². The monoisotopic (exact) mass is 317 g/mol. The van der Waals surface area contributed by atoms with Gasteiger partial charge >= 0.3 is 6.18 Å². The van der Waals surface area contributed by atoms with Crippen molar-refractivity contribution in [1.82, 2.24) is 30.2 Å². The minimum absolute atomic E-state index is 0.0882. The van der Waals surface area contributed by atoms with Crippen LogP contribution in [0.2, 0.25) is 0 Å². The second-order valence-electron chi connectivity index (χ2n) is 4.40. The third-order valence-electron chi connectivity index (χ3n) is 2.76. The Morgan fingerprint density at radius 3 is 2.71 bits per heavy atom. The maximum atomic E-state index is 12.8. The van der Waals surface area contributed by atoms with Gasteiger partial charge in [-0.1, -0.05) is 0 Å². The molecule has 1 saturated carbocycles. The molecule has 1 fully saturated rings. The Bertz CT molecular complexity index is 652. The molecule has 1 N–H and O–H groups in total. The molecule has 0 spiro atoms. The summed E-state index contributed by atoms with van der Waals surface area (Å²) in [5, 5.41) is 14.4. The van der Waals surface area contributed by atoms with Crippen LogP contribution < -0.4 is 5.32 Å². The first-order chi connectivity index (χ1) is 9.97. The molecule has 1 aliphatic rings. The number of tetrazole rings is 1. The summed E-state index contributed by atoms with van der Waals surface area (Å²) in [5.41, 5.74) is 0. The lowest BCUT2D eigenvalue weighted by atomic mass is 10.5. The van der Waals surface area contributed by atoms with E-state index in [1.165, 1.54) is 13.1 Å². The lowest BCUT2D eigenvalue weighted by molar-refractivity contribution is -0.145. The smallest absolute Gasteiger partial charge is 0.373 e. The van der Waals surface area contributed by atoms with E-state index in [1.54, 1.807) is 4.68 Å². The SMILES string of the molecule is CNc1cc(Sc2nnnn2C2CC2)nc(C(F)(F)F)n1. The fourth-order valence-corrected chi connectivity index (χ4v) is 2.47. The van der Waals surface area contributed by atoms with Gasteiger partial charge in [0.2, 0.25) is 11.0 Å². The Balaban J connectivity index is 1.92. The van der Waals surface area contributed by atoms with Gasteiger partial charge in [-0.3, -0.25) is 0 Å². The number of hydrogen-bond acceptors (Lipinski definition) is 7. The first-order valence-electron chi connectivity index (χ1n) is 6.07. The van der Waals surface area contributed by atoms with Gasteiger partial charge in [0.1, 0.15) is 10.8 Å². The van der Waals surface area contributed by atoms with Crippen molar-refractivity contribution < 1.29 is 13.2 Å². The Hall–Kier alpha value is -1.91. The van der Waals surface area contributed by atoms with Gasteiger partial charge in [0.15, 0.2) is 0 Å². The largest absolute Gasteiger partial charge is 0.451 e. The first-order valence-corrected chi connectivity index (χ1v) is 6.89. The summed E-state index contributed by atoms with van der Waals surface area (Å²) in [6.45, 7) is 0. The molecule has 0 radical (unpaired) electrons. The lowest BCUT2D eigenvalue weighted by Gasteiger charge is -2.09. The maximum absolute atomic E-state index is 12.8. The molecular weight excluding hydrogens is 307 g/mol. The van der Waals surface area contributed by atoms with Gasteiger partial charge in [0.25, 0.3) is 0 Å². The highest BCUT2D eigenvalue weighted by molar-refractivity contribution is 7.99. The topological polar surface area (TPSA) is 81.4 Å². The molecule has 112 valence electrons.